The maximum Gasteiger partial charge on any atom is 0.291 e. The number of nitrogens with one attached hydrogen (secondary N) is 1. The zero-order valence-electron chi connectivity index (χ0n) is 12.2. The number of benzene rings is 2. The van der Waals surface area contributed by atoms with Gasteiger partial charge >= 0.3 is 0 Å². The van der Waals surface area contributed by atoms with Gasteiger partial charge < -0.3 is 14.5 Å². The summed E-state index contributed by atoms with van der Waals surface area (Å²) in [6, 6.07) is 17.9. The van der Waals surface area contributed by atoms with Crippen molar-refractivity contribution in [3.63, 3.8) is 0 Å². The maximum absolute atomic E-state index is 11.9. The van der Waals surface area contributed by atoms with Gasteiger partial charge in [0, 0.05) is 10.7 Å². The van der Waals surface area contributed by atoms with E-state index in [0.29, 0.717) is 23.1 Å². The Morgan fingerprint density at radius 3 is 2.61 bits per heavy atom. The van der Waals surface area contributed by atoms with Gasteiger partial charge in [0.2, 0.25) is 0 Å². The van der Waals surface area contributed by atoms with Crippen LogP contribution < -0.4 is 10.1 Å². The third kappa shape index (κ3) is 4.14. The molecule has 3 rings (SSSR count). The first-order chi connectivity index (χ1) is 11.2. The number of hydrogen-bond donors (Lipinski definition) is 1. The maximum atomic E-state index is 11.9. The Labute approximate surface area is 138 Å². The lowest BCUT2D eigenvalue weighted by molar-refractivity contribution is 0.0996. The SMILES string of the molecule is O=C(Nc1ccc(OCc2cccc(Cl)c2)cc1)c1ccco1. The molecular formula is C18H14ClNO3. The van der Waals surface area contributed by atoms with Crippen molar-refractivity contribution in [2.45, 2.75) is 6.61 Å². The van der Waals surface area contributed by atoms with E-state index in [4.69, 9.17) is 20.8 Å². The summed E-state index contributed by atoms with van der Waals surface area (Å²) in [5, 5.41) is 3.43. The minimum absolute atomic E-state index is 0.270. The summed E-state index contributed by atoms with van der Waals surface area (Å²) in [7, 11) is 0. The molecule has 0 spiro atoms. The molecule has 0 aliphatic carbocycles. The van der Waals surface area contributed by atoms with Gasteiger partial charge in [0.05, 0.1) is 6.26 Å². The molecule has 3 aromatic rings. The van der Waals surface area contributed by atoms with Gasteiger partial charge in [-0.2, -0.15) is 0 Å². The first-order valence-corrected chi connectivity index (χ1v) is 7.41. The predicted molar refractivity (Wildman–Crippen MR) is 88.9 cm³/mol. The minimum Gasteiger partial charge on any atom is -0.489 e. The smallest absolute Gasteiger partial charge is 0.291 e. The van der Waals surface area contributed by atoms with Crippen LogP contribution in [0.3, 0.4) is 0 Å². The molecule has 0 aliphatic rings. The molecule has 5 heteroatoms. The number of carbonyl (C=O) groups is 1. The lowest BCUT2D eigenvalue weighted by Gasteiger charge is -2.08. The molecule has 116 valence electrons. The first-order valence-electron chi connectivity index (χ1n) is 7.03. The highest BCUT2D eigenvalue weighted by Gasteiger charge is 2.08. The standard InChI is InChI=1S/C18H14ClNO3/c19-14-4-1-3-13(11-14)12-23-16-8-6-15(7-9-16)20-18(21)17-5-2-10-22-17/h1-11H,12H2,(H,20,21). The summed E-state index contributed by atoms with van der Waals surface area (Å²) in [5.74, 6) is 0.690. The second kappa shape index (κ2) is 7.03. The van der Waals surface area contributed by atoms with Crippen molar-refractivity contribution in [1.29, 1.82) is 0 Å². The van der Waals surface area contributed by atoms with E-state index in [0.717, 1.165) is 5.56 Å². The Morgan fingerprint density at radius 2 is 1.91 bits per heavy atom. The largest absolute Gasteiger partial charge is 0.489 e. The second-order valence-electron chi connectivity index (χ2n) is 4.87. The average molecular weight is 328 g/mol. The van der Waals surface area contributed by atoms with Gasteiger partial charge in [0.25, 0.3) is 5.91 Å². The number of ether oxygens (including phenoxy) is 1. The van der Waals surface area contributed by atoms with Gasteiger partial charge in [0.15, 0.2) is 5.76 Å². The van der Waals surface area contributed by atoms with Gasteiger partial charge in [-0.1, -0.05) is 23.7 Å². The quantitative estimate of drug-likeness (QED) is 0.734. The van der Waals surface area contributed by atoms with Crippen LogP contribution in [0, 0.1) is 0 Å². The highest BCUT2D eigenvalue weighted by molar-refractivity contribution is 6.30. The van der Waals surface area contributed by atoms with E-state index >= 15 is 0 Å². The zero-order valence-corrected chi connectivity index (χ0v) is 12.9. The van der Waals surface area contributed by atoms with E-state index < -0.39 is 0 Å². The Balaban J connectivity index is 1.58. The number of halogens is 1. The molecule has 23 heavy (non-hydrogen) atoms. The summed E-state index contributed by atoms with van der Waals surface area (Å²) in [4.78, 5) is 11.9. The molecule has 0 atom stereocenters. The molecular weight excluding hydrogens is 314 g/mol. The zero-order chi connectivity index (χ0) is 16.1. The summed E-state index contributed by atoms with van der Waals surface area (Å²) < 4.78 is 10.7. The van der Waals surface area contributed by atoms with Gasteiger partial charge in [-0.15, -0.1) is 0 Å². The van der Waals surface area contributed by atoms with Crippen molar-refractivity contribution < 1.29 is 13.9 Å². The summed E-state index contributed by atoms with van der Waals surface area (Å²) in [6.45, 7) is 0.429. The van der Waals surface area contributed by atoms with E-state index in [2.05, 4.69) is 5.32 Å². The molecule has 1 aromatic heterocycles. The molecule has 1 heterocycles. The fourth-order valence-electron chi connectivity index (χ4n) is 2.03. The fraction of sp³-hybridized carbons (Fsp3) is 0.0556. The molecule has 1 N–H and O–H groups in total. The van der Waals surface area contributed by atoms with Crippen LogP contribution in [0.1, 0.15) is 16.1 Å². The molecule has 0 fully saturated rings. The molecule has 2 aromatic carbocycles. The van der Waals surface area contributed by atoms with Gasteiger partial charge in [-0.05, 0) is 54.1 Å². The Hall–Kier alpha value is -2.72. The van der Waals surface area contributed by atoms with Gasteiger partial charge in [-0.25, -0.2) is 0 Å². The van der Waals surface area contributed by atoms with E-state index in [1.54, 1.807) is 36.4 Å². The molecule has 4 nitrogen and oxygen atoms in total. The molecule has 0 saturated carbocycles. The number of amides is 1. The summed E-state index contributed by atoms with van der Waals surface area (Å²) in [6.07, 6.45) is 1.46. The van der Waals surface area contributed by atoms with E-state index in [1.807, 2.05) is 24.3 Å². The van der Waals surface area contributed by atoms with Crippen LogP contribution in [0.15, 0.2) is 71.3 Å². The van der Waals surface area contributed by atoms with E-state index in [9.17, 15) is 4.79 Å². The highest BCUT2D eigenvalue weighted by Crippen LogP contribution is 2.19. The third-order valence-corrected chi connectivity index (χ3v) is 3.39. The number of hydrogen-bond acceptors (Lipinski definition) is 3. The van der Waals surface area contributed by atoms with Crippen LogP contribution in [-0.4, -0.2) is 5.91 Å². The van der Waals surface area contributed by atoms with Crippen molar-refractivity contribution in [2.24, 2.45) is 0 Å². The Kier molecular flexibility index (Phi) is 4.64. The van der Waals surface area contributed by atoms with Crippen molar-refractivity contribution in [3.8, 4) is 5.75 Å². The first kappa shape index (κ1) is 15.2. The second-order valence-corrected chi connectivity index (χ2v) is 5.31. The molecule has 1 amide bonds. The van der Waals surface area contributed by atoms with Crippen LogP contribution in [-0.2, 0) is 6.61 Å². The monoisotopic (exact) mass is 327 g/mol. The van der Waals surface area contributed by atoms with Crippen LogP contribution in [0.4, 0.5) is 5.69 Å². The number of rotatable bonds is 5. The minimum atomic E-state index is -0.289. The normalized spacial score (nSPS) is 10.3. The van der Waals surface area contributed by atoms with Crippen LogP contribution >= 0.6 is 11.6 Å². The number of furan rings is 1. The average Bonchev–Trinajstić information content (AvgIpc) is 3.09. The lowest BCUT2D eigenvalue weighted by atomic mass is 10.2. The van der Waals surface area contributed by atoms with Crippen molar-refractivity contribution in [3.05, 3.63) is 83.3 Å². The predicted octanol–water partition coefficient (Wildman–Crippen LogP) is 4.76. The fourth-order valence-corrected chi connectivity index (χ4v) is 2.24. The Bertz CT molecular complexity index is 782. The van der Waals surface area contributed by atoms with E-state index in [-0.39, 0.29) is 11.7 Å². The number of carbonyl (C=O) groups excluding carboxylic acids is 1. The van der Waals surface area contributed by atoms with Crippen molar-refractivity contribution in [1.82, 2.24) is 0 Å². The summed E-state index contributed by atoms with van der Waals surface area (Å²) >= 11 is 5.93. The molecule has 0 bridgehead atoms. The van der Waals surface area contributed by atoms with Gasteiger partial charge in [-0.3, -0.25) is 4.79 Å². The molecule has 0 unspecified atom stereocenters. The number of anilines is 1. The van der Waals surface area contributed by atoms with E-state index in [1.165, 1.54) is 6.26 Å². The third-order valence-electron chi connectivity index (χ3n) is 3.15. The van der Waals surface area contributed by atoms with Crippen LogP contribution in [0.2, 0.25) is 5.02 Å². The molecule has 0 aliphatic heterocycles. The van der Waals surface area contributed by atoms with Gasteiger partial charge in [0.1, 0.15) is 12.4 Å². The van der Waals surface area contributed by atoms with Crippen molar-refractivity contribution in [2.75, 3.05) is 5.32 Å². The van der Waals surface area contributed by atoms with Crippen LogP contribution in [0.25, 0.3) is 0 Å². The molecule has 0 radical (unpaired) electrons. The van der Waals surface area contributed by atoms with Crippen LogP contribution in [0.5, 0.6) is 5.75 Å². The topological polar surface area (TPSA) is 51.5 Å². The lowest BCUT2D eigenvalue weighted by Crippen LogP contribution is -2.10. The highest BCUT2D eigenvalue weighted by atomic mass is 35.5. The summed E-state index contributed by atoms with van der Waals surface area (Å²) in [5.41, 5.74) is 1.66. The Morgan fingerprint density at radius 1 is 1.09 bits per heavy atom. The van der Waals surface area contributed by atoms with Crippen molar-refractivity contribution >= 4 is 23.2 Å². The molecule has 0 saturated heterocycles.